The summed E-state index contributed by atoms with van der Waals surface area (Å²) in [5.74, 6) is 0. The number of rotatable bonds is 5. The zero-order valence-electron chi connectivity index (χ0n) is 15.4. The van der Waals surface area contributed by atoms with E-state index in [0.717, 1.165) is 22.8 Å². The van der Waals surface area contributed by atoms with E-state index in [1.165, 1.54) is 22.3 Å². The van der Waals surface area contributed by atoms with Crippen molar-refractivity contribution in [2.24, 2.45) is 10.2 Å². The molecule has 4 nitrogen and oxygen atoms in total. The Morgan fingerprint density at radius 3 is 1.38 bits per heavy atom. The van der Waals surface area contributed by atoms with E-state index in [1.54, 1.807) is 0 Å². The molecule has 0 bridgehead atoms. The van der Waals surface area contributed by atoms with Gasteiger partial charge in [-0.3, -0.25) is 10.9 Å². The Labute approximate surface area is 144 Å². The first-order valence-electron chi connectivity index (χ1n) is 8.12. The summed E-state index contributed by atoms with van der Waals surface area (Å²) >= 11 is 0. The molecule has 24 heavy (non-hydrogen) atoms. The highest BCUT2D eigenvalue weighted by Gasteiger charge is 2.01. The van der Waals surface area contributed by atoms with Crippen LogP contribution in [0.25, 0.3) is 0 Å². The molecule has 0 unspecified atom stereocenters. The van der Waals surface area contributed by atoms with E-state index in [1.807, 2.05) is 26.0 Å². The minimum Gasteiger partial charge on any atom is -0.278 e. The molecule has 0 radical (unpaired) electrons. The minimum atomic E-state index is 0.840. The number of hydrogen-bond donors (Lipinski definition) is 2. The molecule has 0 saturated carbocycles. The van der Waals surface area contributed by atoms with E-state index in [9.17, 15) is 0 Å². The van der Waals surface area contributed by atoms with Crippen molar-refractivity contribution < 1.29 is 0 Å². The number of benzene rings is 2. The lowest BCUT2D eigenvalue weighted by Gasteiger charge is -2.09. The zero-order chi connectivity index (χ0) is 17.7. The van der Waals surface area contributed by atoms with E-state index in [2.05, 4.69) is 73.0 Å². The lowest BCUT2D eigenvalue weighted by molar-refractivity contribution is 1.26. The molecular weight excluding hydrogens is 296 g/mol. The predicted molar refractivity (Wildman–Crippen MR) is 105 cm³/mol. The molecule has 0 aromatic heterocycles. The SMILES string of the molecule is CC(=NNc1ccc(C)cc1C)C(C)=NNc1ccc(C)cc1C. The summed E-state index contributed by atoms with van der Waals surface area (Å²) in [4.78, 5) is 0. The summed E-state index contributed by atoms with van der Waals surface area (Å²) in [5.41, 5.74) is 14.8. The van der Waals surface area contributed by atoms with Crippen LogP contribution in [0.5, 0.6) is 0 Å². The van der Waals surface area contributed by atoms with Gasteiger partial charge in [0.25, 0.3) is 0 Å². The van der Waals surface area contributed by atoms with Crippen molar-refractivity contribution in [3.05, 3.63) is 58.7 Å². The van der Waals surface area contributed by atoms with Crippen molar-refractivity contribution in [3.8, 4) is 0 Å². The summed E-state index contributed by atoms with van der Waals surface area (Å²) in [6.07, 6.45) is 0. The molecule has 2 N–H and O–H groups in total. The normalized spacial score (nSPS) is 12.2. The quantitative estimate of drug-likeness (QED) is 0.587. The molecule has 0 atom stereocenters. The van der Waals surface area contributed by atoms with Crippen LogP contribution in [0.4, 0.5) is 11.4 Å². The standard InChI is InChI=1S/C20H26N4/c1-13-7-9-19(15(3)11-13)23-21-17(5)18(6)22-24-20-10-8-14(2)12-16(20)4/h7-12,23-24H,1-6H3. The van der Waals surface area contributed by atoms with E-state index >= 15 is 0 Å². The van der Waals surface area contributed by atoms with E-state index in [0.29, 0.717) is 0 Å². The maximum atomic E-state index is 4.43. The topological polar surface area (TPSA) is 48.8 Å². The minimum absolute atomic E-state index is 0.840. The second-order valence-corrected chi connectivity index (χ2v) is 6.25. The summed E-state index contributed by atoms with van der Waals surface area (Å²) in [6.45, 7) is 12.2. The molecule has 4 heteroatoms. The van der Waals surface area contributed by atoms with Crippen molar-refractivity contribution in [2.45, 2.75) is 41.5 Å². The number of anilines is 2. The van der Waals surface area contributed by atoms with E-state index < -0.39 is 0 Å². The Hall–Kier alpha value is -2.62. The lowest BCUT2D eigenvalue weighted by atomic mass is 10.1. The average molecular weight is 322 g/mol. The summed E-state index contributed by atoms with van der Waals surface area (Å²) in [7, 11) is 0. The lowest BCUT2D eigenvalue weighted by Crippen LogP contribution is -2.11. The Morgan fingerprint density at radius 1 is 0.667 bits per heavy atom. The third-order valence-corrected chi connectivity index (χ3v) is 3.98. The van der Waals surface area contributed by atoms with E-state index in [-0.39, 0.29) is 0 Å². The summed E-state index contributed by atoms with van der Waals surface area (Å²) < 4.78 is 0. The van der Waals surface area contributed by atoms with Gasteiger partial charge in [-0.05, 0) is 64.8 Å². The molecule has 2 aromatic rings. The average Bonchev–Trinajstić information content (AvgIpc) is 2.52. The molecule has 0 amide bonds. The number of nitrogens with one attached hydrogen (secondary N) is 2. The van der Waals surface area contributed by atoms with Crippen LogP contribution in [0.2, 0.25) is 0 Å². The molecule has 0 heterocycles. The van der Waals surface area contributed by atoms with Gasteiger partial charge in [-0.2, -0.15) is 10.2 Å². The maximum Gasteiger partial charge on any atom is 0.0805 e. The first-order chi connectivity index (χ1) is 11.4. The Morgan fingerprint density at radius 2 is 1.04 bits per heavy atom. The van der Waals surface area contributed by atoms with Crippen molar-refractivity contribution in [3.63, 3.8) is 0 Å². The third-order valence-electron chi connectivity index (χ3n) is 3.98. The first kappa shape index (κ1) is 17.7. The van der Waals surface area contributed by atoms with Crippen LogP contribution < -0.4 is 10.9 Å². The van der Waals surface area contributed by atoms with Crippen LogP contribution >= 0.6 is 0 Å². The molecule has 0 aliphatic heterocycles. The van der Waals surface area contributed by atoms with Gasteiger partial charge in [-0.1, -0.05) is 35.4 Å². The fraction of sp³-hybridized carbons (Fsp3) is 0.300. The van der Waals surface area contributed by atoms with Crippen molar-refractivity contribution in [1.82, 2.24) is 0 Å². The van der Waals surface area contributed by atoms with Crippen molar-refractivity contribution in [1.29, 1.82) is 0 Å². The molecule has 0 spiro atoms. The molecule has 0 aliphatic carbocycles. The molecule has 2 rings (SSSR count). The van der Waals surface area contributed by atoms with Gasteiger partial charge >= 0.3 is 0 Å². The van der Waals surface area contributed by atoms with Crippen LogP contribution in [0.1, 0.15) is 36.1 Å². The van der Waals surface area contributed by atoms with Gasteiger partial charge in [-0.25, -0.2) is 0 Å². The smallest absolute Gasteiger partial charge is 0.0805 e. The largest absolute Gasteiger partial charge is 0.278 e. The van der Waals surface area contributed by atoms with Gasteiger partial charge < -0.3 is 0 Å². The van der Waals surface area contributed by atoms with Crippen LogP contribution in [-0.4, -0.2) is 11.4 Å². The van der Waals surface area contributed by atoms with Gasteiger partial charge in [0.05, 0.1) is 22.8 Å². The molecule has 0 saturated heterocycles. The maximum absolute atomic E-state index is 4.43. The fourth-order valence-electron chi connectivity index (χ4n) is 2.33. The number of hydrazone groups is 2. The second kappa shape index (κ2) is 7.77. The highest BCUT2D eigenvalue weighted by molar-refractivity contribution is 6.40. The van der Waals surface area contributed by atoms with E-state index in [4.69, 9.17) is 0 Å². The fourth-order valence-corrected chi connectivity index (χ4v) is 2.33. The van der Waals surface area contributed by atoms with Crippen molar-refractivity contribution >= 4 is 22.8 Å². The summed E-state index contributed by atoms with van der Waals surface area (Å²) in [5, 5.41) is 8.86. The number of hydrogen-bond acceptors (Lipinski definition) is 4. The Kier molecular flexibility index (Phi) is 5.74. The zero-order valence-corrected chi connectivity index (χ0v) is 15.4. The predicted octanol–water partition coefficient (Wildman–Crippen LogP) is 5.20. The van der Waals surface area contributed by atoms with Crippen LogP contribution in [0.15, 0.2) is 46.6 Å². The highest BCUT2D eigenvalue weighted by atomic mass is 15.3. The van der Waals surface area contributed by atoms with Crippen LogP contribution in [0.3, 0.4) is 0 Å². The molecule has 0 aliphatic rings. The van der Waals surface area contributed by atoms with Gasteiger partial charge in [-0.15, -0.1) is 0 Å². The summed E-state index contributed by atoms with van der Waals surface area (Å²) in [6, 6.07) is 12.5. The molecular formula is C20H26N4. The number of aryl methyl sites for hydroxylation is 4. The Balaban J connectivity index is 2.06. The second-order valence-electron chi connectivity index (χ2n) is 6.25. The van der Waals surface area contributed by atoms with Gasteiger partial charge in [0.2, 0.25) is 0 Å². The number of nitrogens with zero attached hydrogens (tertiary/aromatic N) is 2. The monoisotopic (exact) mass is 322 g/mol. The third kappa shape index (κ3) is 4.69. The highest BCUT2D eigenvalue weighted by Crippen LogP contribution is 2.17. The molecule has 2 aromatic carbocycles. The Bertz CT molecular complexity index is 721. The molecule has 126 valence electrons. The van der Waals surface area contributed by atoms with Gasteiger partial charge in [0, 0.05) is 0 Å². The first-order valence-corrected chi connectivity index (χ1v) is 8.12. The molecule has 0 fully saturated rings. The van der Waals surface area contributed by atoms with Crippen molar-refractivity contribution in [2.75, 3.05) is 10.9 Å². The van der Waals surface area contributed by atoms with Gasteiger partial charge in [0.15, 0.2) is 0 Å². The van der Waals surface area contributed by atoms with Gasteiger partial charge in [0.1, 0.15) is 0 Å². The van der Waals surface area contributed by atoms with Crippen LogP contribution in [-0.2, 0) is 0 Å². The van der Waals surface area contributed by atoms with Crippen LogP contribution in [0, 0.1) is 27.7 Å².